The van der Waals surface area contributed by atoms with Gasteiger partial charge in [-0.3, -0.25) is 15.1 Å². The second-order valence-electron chi connectivity index (χ2n) is 10.0. The van der Waals surface area contributed by atoms with Crippen LogP contribution in [-0.4, -0.2) is 52.3 Å². The molecule has 0 saturated carbocycles. The summed E-state index contributed by atoms with van der Waals surface area (Å²) in [5, 5.41) is 27.0. The molecule has 2 aromatic heterocycles. The molecule has 1 fully saturated rings. The fraction of sp³-hybridized carbons (Fsp3) is 0.226. The number of carboxylic acid groups (broad SMARTS) is 1. The smallest absolute Gasteiger partial charge is 0.412 e. The molecule has 0 spiro atoms. The number of carbonyl (C=O) groups excluding carboxylic acids is 2. The van der Waals surface area contributed by atoms with E-state index in [1.165, 1.54) is 6.20 Å². The van der Waals surface area contributed by atoms with Gasteiger partial charge >= 0.3 is 12.2 Å². The fourth-order valence-electron chi connectivity index (χ4n) is 4.98. The second-order valence-corrected chi connectivity index (χ2v) is 10.0. The number of amides is 3. The first kappa shape index (κ1) is 28.8. The number of carbonyl (C=O) groups is 3. The Morgan fingerprint density at radius 3 is 2.67 bits per heavy atom. The number of pyridine rings is 2. The molecule has 218 valence electrons. The standard InChI is InChI=1S/C31H29N7O5/c32-12-10-20-8-9-22-16-25(37-31(42)43-19-21-5-2-1-3-6-21)28(35-24(22)15-20)29(39)36-26-17-33-13-11-27(26)38-14-4-7-23(18-38)34-30(40)41/h1-3,5-6,8-9,11,13,15-17,23,34H,4,7,10,14,18-19H2,(H,36,39)(H,37,42)(H,40,41)/t23-/m0/s1. The lowest BCUT2D eigenvalue weighted by molar-refractivity contribution is 0.102. The Balaban J connectivity index is 1.42. The van der Waals surface area contributed by atoms with Crippen LogP contribution in [0.2, 0.25) is 0 Å². The molecule has 1 aliphatic rings. The number of rotatable bonds is 8. The topological polar surface area (TPSA) is 170 Å². The predicted octanol–water partition coefficient (Wildman–Crippen LogP) is 4.93. The van der Waals surface area contributed by atoms with E-state index in [4.69, 9.17) is 15.1 Å². The lowest BCUT2D eigenvalue weighted by Gasteiger charge is -2.35. The summed E-state index contributed by atoms with van der Waals surface area (Å²) in [6, 6.07) is 19.7. The van der Waals surface area contributed by atoms with Gasteiger partial charge in [0.15, 0.2) is 5.69 Å². The molecule has 0 unspecified atom stereocenters. The molecule has 1 atom stereocenters. The van der Waals surface area contributed by atoms with Crippen molar-refractivity contribution in [3.05, 3.63) is 89.9 Å². The summed E-state index contributed by atoms with van der Waals surface area (Å²) in [5.74, 6) is -0.600. The molecule has 4 N–H and O–H groups in total. The van der Waals surface area contributed by atoms with Crippen molar-refractivity contribution in [3.63, 3.8) is 0 Å². The van der Waals surface area contributed by atoms with Gasteiger partial charge in [0, 0.05) is 30.7 Å². The number of ether oxygens (including phenoxy) is 1. The van der Waals surface area contributed by atoms with Crippen LogP contribution >= 0.6 is 0 Å². The van der Waals surface area contributed by atoms with Gasteiger partial charge in [-0.1, -0.05) is 42.5 Å². The van der Waals surface area contributed by atoms with Crippen LogP contribution < -0.4 is 20.9 Å². The van der Waals surface area contributed by atoms with Crippen LogP contribution in [0.3, 0.4) is 0 Å². The highest BCUT2D eigenvalue weighted by molar-refractivity contribution is 6.11. The lowest BCUT2D eigenvalue weighted by Crippen LogP contribution is -2.47. The number of nitrogens with one attached hydrogen (secondary N) is 3. The first-order valence-corrected chi connectivity index (χ1v) is 13.7. The maximum Gasteiger partial charge on any atom is 0.412 e. The van der Waals surface area contributed by atoms with E-state index >= 15 is 0 Å². The number of piperidine rings is 1. The van der Waals surface area contributed by atoms with Gasteiger partial charge in [-0.05, 0) is 42.2 Å². The molecular formula is C31H29N7O5. The number of benzene rings is 2. The van der Waals surface area contributed by atoms with E-state index in [1.54, 1.807) is 36.5 Å². The van der Waals surface area contributed by atoms with Gasteiger partial charge < -0.3 is 25.4 Å². The number of nitriles is 1. The van der Waals surface area contributed by atoms with Crippen molar-refractivity contribution in [3.8, 4) is 6.07 Å². The number of aromatic nitrogens is 2. The quantitative estimate of drug-likeness (QED) is 0.226. The zero-order valence-corrected chi connectivity index (χ0v) is 23.1. The summed E-state index contributed by atoms with van der Waals surface area (Å²) in [6.07, 6.45) is 2.91. The van der Waals surface area contributed by atoms with Gasteiger partial charge in [0.25, 0.3) is 5.91 Å². The molecule has 12 heteroatoms. The monoisotopic (exact) mass is 579 g/mol. The van der Waals surface area contributed by atoms with Crippen LogP contribution in [0.1, 0.15) is 34.5 Å². The molecule has 1 saturated heterocycles. The van der Waals surface area contributed by atoms with Crippen LogP contribution in [0.25, 0.3) is 10.9 Å². The normalized spacial score (nSPS) is 14.4. The third-order valence-electron chi connectivity index (χ3n) is 6.97. The van der Waals surface area contributed by atoms with Gasteiger partial charge in [-0.15, -0.1) is 0 Å². The molecule has 43 heavy (non-hydrogen) atoms. The molecule has 4 aromatic rings. The summed E-state index contributed by atoms with van der Waals surface area (Å²) < 4.78 is 5.37. The zero-order chi connectivity index (χ0) is 30.2. The predicted molar refractivity (Wildman–Crippen MR) is 160 cm³/mol. The van der Waals surface area contributed by atoms with Crippen molar-refractivity contribution >= 4 is 46.1 Å². The summed E-state index contributed by atoms with van der Waals surface area (Å²) >= 11 is 0. The molecule has 0 aliphatic carbocycles. The van der Waals surface area contributed by atoms with Crippen molar-refractivity contribution < 1.29 is 24.2 Å². The van der Waals surface area contributed by atoms with E-state index < -0.39 is 18.1 Å². The highest BCUT2D eigenvalue weighted by Gasteiger charge is 2.25. The van der Waals surface area contributed by atoms with E-state index in [2.05, 4.69) is 32.0 Å². The second kappa shape index (κ2) is 13.3. The van der Waals surface area contributed by atoms with Crippen molar-refractivity contribution in [2.45, 2.75) is 31.9 Å². The highest BCUT2D eigenvalue weighted by Crippen LogP contribution is 2.29. The molecular weight excluding hydrogens is 550 g/mol. The summed E-state index contributed by atoms with van der Waals surface area (Å²) in [7, 11) is 0. The Kier molecular flexibility index (Phi) is 8.92. The van der Waals surface area contributed by atoms with E-state index in [9.17, 15) is 14.4 Å². The van der Waals surface area contributed by atoms with Crippen LogP contribution in [0.5, 0.6) is 0 Å². The number of fused-ring (bicyclic) bond motifs is 1. The number of anilines is 3. The zero-order valence-electron chi connectivity index (χ0n) is 23.1. The largest absolute Gasteiger partial charge is 0.465 e. The van der Waals surface area contributed by atoms with Gasteiger partial charge in [-0.2, -0.15) is 5.26 Å². The molecule has 12 nitrogen and oxygen atoms in total. The van der Waals surface area contributed by atoms with E-state index in [0.717, 1.165) is 17.5 Å². The van der Waals surface area contributed by atoms with Crippen molar-refractivity contribution in [1.29, 1.82) is 5.26 Å². The molecule has 2 aromatic carbocycles. The van der Waals surface area contributed by atoms with Crippen molar-refractivity contribution in [1.82, 2.24) is 15.3 Å². The third kappa shape index (κ3) is 7.34. The third-order valence-corrected chi connectivity index (χ3v) is 6.97. The minimum Gasteiger partial charge on any atom is -0.465 e. The van der Waals surface area contributed by atoms with Crippen molar-refractivity contribution in [2.24, 2.45) is 0 Å². The Hall–Kier alpha value is -5.70. The molecule has 1 aliphatic heterocycles. The van der Waals surface area contributed by atoms with E-state index in [0.29, 0.717) is 41.8 Å². The van der Waals surface area contributed by atoms with Gasteiger partial charge in [0.2, 0.25) is 0 Å². The van der Waals surface area contributed by atoms with E-state index in [1.807, 2.05) is 35.2 Å². The van der Waals surface area contributed by atoms with Gasteiger partial charge in [0.05, 0.1) is 41.3 Å². The van der Waals surface area contributed by atoms with Crippen LogP contribution in [0, 0.1) is 11.3 Å². The maximum atomic E-state index is 13.7. The molecule has 5 rings (SSSR count). The van der Waals surface area contributed by atoms with E-state index in [-0.39, 0.29) is 30.5 Å². The average molecular weight is 580 g/mol. The minimum absolute atomic E-state index is 0.0410. The minimum atomic E-state index is -1.09. The first-order chi connectivity index (χ1) is 20.9. The summed E-state index contributed by atoms with van der Waals surface area (Å²) in [5.41, 5.74) is 3.18. The highest BCUT2D eigenvalue weighted by atomic mass is 16.5. The van der Waals surface area contributed by atoms with Gasteiger partial charge in [-0.25, -0.2) is 14.6 Å². The average Bonchev–Trinajstić information content (AvgIpc) is 3.00. The van der Waals surface area contributed by atoms with Crippen LogP contribution in [0.4, 0.5) is 26.7 Å². The van der Waals surface area contributed by atoms with Crippen molar-refractivity contribution in [2.75, 3.05) is 28.6 Å². The lowest BCUT2D eigenvalue weighted by atomic mass is 10.0. The number of hydrogen-bond acceptors (Lipinski definition) is 8. The Morgan fingerprint density at radius 1 is 1.05 bits per heavy atom. The maximum absolute atomic E-state index is 13.7. The Labute approximate surface area is 247 Å². The molecule has 3 heterocycles. The molecule has 0 bridgehead atoms. The first-order valence-electron chi connectivity index (χ1n) is 13.7. The number of nitrogens with zero attached hydrogens (tertiary/aromatic N) is 4. The van der Waals surface area contributed by atoms with Crippen LogP contribution in [-0.2, 0) is 17.8 Å². The summed E-state index contributed by atoms with van der Waals surface area (Å²) in [6.45, 7) is 1.13. The summed E-state index contributed by atoms with van der Waals surface area (Å²) in [4.78, 5) is 48.4. The number of hydrogen-bond donors (Lipinski definition) is 4. The molecule has 3 amide bonds. The Bertz CT molecular complexity index is 1690. The fourth-order valence-corrected chi connectivity index (χ4v) is 4.98. The SMILES string of the molecule is N#CCc1ccc2cc(NC(=O)OCc3ccccc3)c(C(=O)Nc3cnccc3N3CCC[C@H](NC(=O)O)C3)nc2c1. The van der Waals surface area contributed by atoms with Crippen LogP contribution in [0.15, 0.2) is 73.1 Å². The molecule has 0 radical (unpaired) electrons. The van der Waals surface area contributed by atoms with Gasteiger partial charge in [0.1, 0.15) is 6.61 Å². The Morgan fingerprint density at radius 2 is 1.88 bits per heavy atom.